The van der Waals surface area contributed by atoms with Crippen molar-refractivity contribution in [2.45, 2.75) is 33.6 Å². The largest absolute Gasteiger partial charge is 0.507 e. The Balaban J connectivity index is 1.33. The van der Waals surface area contributed by atoms with E-state index in [9.17, 15) is 5.11 Å². The van der Waals surface area contributed by atoms with Gasteiger partial charge in [0.15, 0.2) is 0 Å². The molecule has 4 nitrogen and oxygen atoms in total. The molecule has 0 aliphatic rings. The first-order chi connectivity index (χ1) is 28.1. The normalized spacial score (nSPS) is 11.8. The maximum absolute atomic E-state index is 11.7. The molecule has 276 valence electrons. The van der Waals surface area contributed by atoms with Crippen molar-refractivity contribution in [2.75, 3.05) is 0 Å². The van der Waals surface area contributed by atoms with Gasteiger partial charge in [0.2, 0.25) is 0 Å². The van der Waals surface area contributed by atoms with Crippen LogP contribution in [0.15, 0.2) is 176 Å². The molecule has 0 bridgehead atoms. The highest BCUT2D eigenvalue weighted by Gasteiger charge is 2.24. The highest BCUT2D eigenvalue weighted by Crippen LogP contribution is 2.43. The van der Waals surface area contributed by atoms with Crippen molar-refractivity contribution in [1.29, 1.82) is 0 Å². The average Bonchev–Trinajstić information content (AvgIpc) is 3.65. The molecule has 0 spiro atoms. The van der Waals surface area contributed by atoms with Crippen LogP contribution >= 0.6 is 0 Å². The number of pyridine rings is 1. The summed E-state index contributed by atoms with van der Waals surface area (Å²) in [6, 6.07) is 58.7. The molecule has 1 N–H and O–H groups in total. The number of nitrogens with zero attached hydrogens (tertiary/aromatic N) is 3. The van der Waals surface area contributed by atoms with E-state index in [2.05, 4.69) is 126 Å². The number of aromatic hydroxyl groups is 1. The lowest BCUT2D eigenvalue weighted by molar-refractivity contribution is 0.472. The van der Waals surface area contributed by atoms with Crippen LogP contribution < -0.4 is 0 Å². The minimum atomic E-state index is -0.808. The third-order valence-corrected chi connectivity index (χ3v) is 10.8. The van der Waals surface area contributed by atoms with Gasteiger partial charge in [0.25, 0.3) is 0 Å². The fourth-order valence-electron chi connectivity index (χ4n) is 7.90. The Kier molecular flexibility index (Phi) is 9.00. The fourth-order valence-corrected chi connectivity index (χ4v) is 7.90. The Hall–Kier alpha value is -7.04. The van der Waals surface area contributed by atoms with Gasteiger partial charge >= 0.3 is 0 Å². The van der Waals surface area contributed by atoms with E-state index in [1.54, 1.807) is 0 Å². The van der Waals surface area contributed by atoms with Gasteiger partial charge in [-0.05, 0) is 124 Å². The third kappa shape index (κ3) is 6.81. The van der Waals surface area contributed by atoms with E-state index in [0.717, 1.165) is 89.2 Å². The second-order valence-corrected chi connectivity index (χ2v) is 15.0. The molecule has 9 rings (SSSR count). The minimum absolute atomic E-state index is 0.201. The number of rotatable bonds is 8. The Morgan fingerprint density at radius 2 is 1.19 bits per heavy atom. The number of hydrogen-bond acceptors (Lipinski definition) is 3. The van der Waals surface area contributed by atoms with Gasteiger partial charge in [0.1, 0.15) is 11.6 Å². The number of hydrogen-bond donors (Lipinski definition) is 1. The van der Waals surface area contributed by atoms with Gasteiger partial charge in [-0.2, -0.15) is 0 Å². The zero-order valence-electron chi connectivity index (χ0n) is 33.5. The number of fused-ring (bicyclic) bond motifs is 1. The van der Waals surface area contributed by atoms with E-state index in [1.807, 2.05) is 82.4 Å². The van der Waals surface area contributed by atoms with E-state index in [1.165, 1.54) is 0 Å². The average molecular weight is 739 g/mol. The van der Waals surface area contributed by atoms with Crippen molar-refractivity contribution < 1.29 is 6.48 Å². The Labute approximate surface area is 335 Å². The predicted octanol–water partition coefficient (Wildman–Crippen LogP) is 13.9. The lowest BCUT2D eigenvalue weighted by Crippen LogP contribution is -2.02. The summed E-state index contributed by atoms with van der Waals surface area (Å²) in [5.41, 5.74) is 16.3. The van der Waals surface area contributed by atoms with E-state index in [4.69, 9.17) is 11.3 Å². The highest BCUT2D eigenvalue weighted by molar-refractivity contribution is 5.98. The lowest BCUT2D eigenvalue weighted by Gasteiger charge is -2.18. The van der Waals surface area contributed by atoms with E-state index in [0.29, 0.717) is 11.4 Å². The number of aryl methyl sites for hydroxylation is 2. The second kappa shape index (κ2) is 14.9. The van der Waals surface area contributed by atoms with Crippen molar-refractivity contribution in [3.8, 4) is 78.6 Å². The van der Waals surface area contributed by atoms with Crippen molar-refractivity contribution >= 4 is 11.0 Å². The van der Waals surface area contributed by atoms with Crippen LogP contribution in [-0.4, -0.2) is 19.6 Å². The molecule has 7 aromatic carbocycles. The van der Waals surface area contributed by atoms with Gasteiger partial charge in [-0.25, -0.2) is 4.98 Å². The van der Waals surface area contributed by atoms with Gasteiger partial charge in [-0.1, -0.05) is 129 Å². The first kappa shape index (κ1) is 34.5. The molecule has 0 atom stereocenters. The monoisotopic (exact) mass is 738 g/mol. The molecule has 0 aliphatic carbocycles. The minimum Gasteiger partial charge on any atom is -0.507 e. The maximum atomic E-state index is 11.7. The van der Waals surface area contributed by atoms with Crippen LogP contribution in [0.1, 0.15) is 37.8 Å². The SMILES string of the molecule is [2H]C(C)(C)c1ccc(-n2c(-c3cc(C)cc(C)c3O)nc3c(-c4cc(-c5ccccc5)cc(-c5cc(-c6ccccc6)ccn5)c4)cccc32)c(-c2ccccc2)c1. The van der Waals surface area contributed by atoms with Crippen LogP contribution in [0, 0.1) is 13.8 Å². The van der Waals surface area contributed by atoms with Crippen LogP contribution in [-0.2, 0) is 0 Å². The predicted molar refractivity (Wildman–Crippen MR) is 237 cm³/mol. The maximum Gasteiger partial charge on any atom is 0.149 e. The fraction of sp³-hybridized carbons (Fsp3) is 0.0943. The molecule has 0 saturated heterocycles. The molecule has 0 amide bonds. The summed E-state index contributed by atoms with van der Waals surface area (Å²) in [7, 11) is 0. The Bertz CT molecular complexity index is 2950. The zero-order chi connectivity index (χ0) is 40.0. The van der Waals surface area contributed by atoms with Crippen LogP contribution in [0.5, 0.6) is 5.75 Å². The molecular weight excluding hydrogens is 695 g/mol. The summed E-state index contributed by atoms with van der Waals surface area (Å²) in [5, 5.41) is 11.7. The molecule has 4 heteroatoms. The van der Waals surface area contributed by atoms with Gasteiger partial charge in [-0.15, -0.1) is 0 Å². The standard InChI is InChI=1S/C53H43N3O/c1-34(2)40-23-24-49(46(32-40)39-19-12-7-13-20-39)56-50-22-14-21-45(51(50)55-53(56)47-28-35(3)27-36(4)52(47)57)43-29-42(38-17-10-6-11-18-38)30-44(31-43)48-33-41(25-26-54-48)37-15-8-5-9-16-37/h5-34,57H,1-4H3/i34D. The summed E-state index contributed by atoms with van der Waals surface area (Å²) < 4.78 is 11.1. The first-order valence-corrected chi connectivity index (χ1v) is 19.4. The smallest absolute Gasteiger partial charge is 0.149 e. The summed E-state index contributed by atoms with van der Waals surface area (Å²) >= 11 is 0. The van der Waals surface area contributed by atoms with Crippen LogP contribution in [0.3, 0.4) is 0 Å². The van der Waals surface area contributed by atoms with Gasteiger partial charge < -0.3 is 5.11 Å². The number of phenolic OH excluding ortho intramolecular Hbond substituents is 1. The summed E-state index contributed by atoms with van der Waals surface area (Å²) in [6.07, 6.45) is 1.88. The Morgan fingerprint density at radius 3 is 1.89 bits per heavy atom. The molecule has 57 heavy (non-hydrogen) atoms. The topological polar surface area (TPSA) is 50.9 Å². The van der Waals surface area contributed by atoms with Crippen molar-refractivity contribution in [3.63, 3.8) is 0 Å². The molecule has 2 aromatic heterocycles. The molecule has 0 radical (unpaired) electrons. The zero-order valence-corrected chi connectivity index (χ0v) is 32.5. The molecule has 0 unspecified atom stereocenters. The van der Waals surface area contributed by atoms with Crippen molar-refractivity contribution in [2.24, 2.45) is 0 Å². The number of phenols is 1. The third-order valence-electron chi connectivity index (χ3n) is 10.8. The van der Waals surface area contributed by atoms with E-state index in [-0.39, 0.29) is 5.75 Å². The van der Waals surface area contributed by atoms with Crippen molar-refractivity contribution in [3.05, 3.63) is 193 Å². The number of benzene rings is 7. The lowest BCUT2D eigenvalue weighted by atomic mass is 9.93. The van der Waals surface area contributed by atoms with Crippen molar-refractivity contribution in [1.82, 2.24) is 14.5 Å². The molecular formula is C53H43N3O. The van der Waals surface area contributed by atoms with Crippen LogP contribution in [0.4, 0.5) is 0 Å². The molecule has 2 heterocycles. The van der Waals surface area contributed by atoms with Gasteiger partial charge in [0, 0.05) is 24.3 Å². The number of para-hydroxylation sites is 1. The second-order valence-electron chi connectivity index (χ2n) is 15.0. The van der Waals surface area contributed by atoms with E-state index >= 15 is 0 Å². The molecule has 9 aromatic rings. The quantitative estimate of drug-likeness (QED) is 0.169. The highest BCUT2D eigenvalue weighted by atomic mass is 16.3. The summed E-state index contributed by atoms with van der Waals surface area (Å²) in [4.78, 5) is 10.4. The van der Waals surface area contributed by atoms with E-state index < -0.39 is 5.89 Å². The number of aromatic nitrogens is 3. The van der Waals surface area contributed by atoms with Gasteiger partial charge in [-0.3, -0.25) is 9.55 Å². The Morgan fingerprint density at radius 1 is 0.544 bits per heavy atom. The van der Waals surface area contributed by atoms with Gasteiger partial charge in [0.05, 0.1) is 28.0 Å². The van der Waals surface area contributed by atoms with Crippen LogP contribution in [0.25, 0.3) is 83.9 Å². The molecule has 0 fully saturated rings. The summed E-state index contributed by atoms with van der Waals surface area (Å²) in [5.74, 6) is 0.0304. The number of imidazole rings is 1. The van der Waals surface area contributed by atoms with Crippen LogP contribution in [0.2, 0.25) is 0 Å². The summed E-state index contributed by atoms with van der Waals surface area (Å²) in [6.45, 7) is 7.81. The molecule has 0 aliphatic heterocycles. The first-order valence-electron chi connectivity index (χ1n) is 19.9. The molecule has 0 saturated carbocycles.